The minimum atomic E-state index is -1.38. The Morgan fingerprint density at radius 1 is 1.13 bits per heavy atom. The number of esters is 1. The van der Waals surface area contributed by atoms with E-state index in [4.69, 9.17) is 0 Å². The second-order valence-corrected chi connectivity index (χ2v) is 3.25. The van der Waals surface area contributed by atoms with Crippen LogP contribution in [0, 0.1) is 0 Å². The molecule has 0 aliphatic heterocycles. The number of rotatable bonds is 7. The molecule has 0 aromatic heterocycles. The molecule has 0 aromatic carbocycles. The Hall–Kier alpha value is -0.930. The van der Waals surface area contributed by atoms with Gasteiger partial charge in [0, 0.05) is 6.42 Å². The van der Waals surface area contributed by atoms with Crippen LogP contribution in [0.5, 0.6) is 0 Å². The lowest BCUT2D eigenvalue weighted by molar-refractivity contribution is -0.140. The van der Waals surface area contributed by atoms with Crippen molar-refractivity contribution in [2.45, 2.75) is 46.0 Å². The van der Waals surface area contributed by atoms with E-state index < -0.39 is 17.6 Å². The number of unbranched alkanes of at least 4 members (excludes halogenated alkanes) is 3. The molecule has 0 bridgehead atoms. The lowest BCUT2D eigenvalue weighted by atomic mass is 10.1. The lowest BCUT2D eigenvalue weighted by Gasteiger charge is -2.01. The summed E-state index contributed by atoms with van der Waals surface area (Å²) in [6, 6.07) is 0. The van der Waals surface area contributed by atoms with Crippen molar-refractivity contribution in [2.75, 3.05) is 6.61 Å². The third kappa shape index (κ3) is 6.20. The molecular weight excluding hydrogens is 202 g/mol. The van der Waals surface area contributed by atoms with Gasteiger partial charge in [-0.15, -0.1) is 0 Å². The molecule has 2 nitrogen and oxygen atoms in total. The normalized spacial score (nSPS) is 12.3. The Bertz CT molecular complexity index is 225. The molecular formula is C11H18F2O2. The molecule has 0 saturated carbocycles. The quantitative estimate of drug-likeness (QED) is 0.371. The highest BCUT2D eigenvalue weighted by Gasteiger charge is 2.15. The molecule has 0 aliphatic rings. The molecule has 0 unspecified atom stereocenters. The van der Waals surface area contributed by atoms with Gasteiger partial charge in [-0.1, -0.05) is 26.2 Å². The number of hydrogen-bond donors (Lipinski definition) is 0. The van der Waals surface area contributed by atoms with Gasteiger partial charge in [0.2, 0.25) is 5.83 Å². The van der Waals surface area contributed by atoms with Gasteiger partial charge >= 0.3 is 5.97 Å². The van der Waals surface area contributed by atoms with E-state index in [9.17, 15) is 13.6 Å². The highest BCUT2D eigenvalue weighted by Crippen LogP contribution is 2.17. The highest BCUT2D eigenvalue weighted by atomic mass is 19.2. The van der Waals surface area contributed by atoms with E-state index in [1.165, 1.54) is 0 Å². The van der Waals surface area contributed by atoms with Gasteiger partial charge in [-0.3, -0.25) is 0 Å². The van der Waals surface area contributed by atoms with Gasteiger partial charge < -0.3 is 4.74 Å². The van der Waals surface area contributed by atoms with Crippen molar-refractivity contribution >= 4 is 5.97 Å². The summed E-state index contributed by atoms with van der Waals surface area (Å²) in [7, 11) is 0. The average molecular weight is 220 g/mol. The predicted octanol–water partition coefficient (Wildman–Crippen LogP) is 3.67. The summed E-state index contributed by atoms with van der Waals surface area (Å²) in [5.41, 5.74) is 0. The number of carbonyl (C=O) groups excluding carboxylic acids is 1. The zero-order chi connectivity index (χ0) is 11.7. The maximum atomic E-state index is 13.0. The number of hydrogen-bond acceptors (Lipinski definition) is 2. The van der Waals surface area contributed by atoms with Gasteiger partial charge in [-0.05, 0) is 13.3 Å². The van der Waals surface area contributed by atoms with Crippen LogP contribution in [0.15, 0.2) is 11.7 Å². The van der Waals surface area contributed by atoms with Crippen molar-refractivity contribution in [3.05, 3.63) is 11.7 Å². The van der Waals surface area contributed by atoms with E-state index >= 15 is 0 Å². The minimum absolute atomic E-state index is 0.0232. The second-order valence-electron chi connectivity index (χ2n) is 3.25. The van der Waals surface area contributed by atoms with Gasteiger partial charge in [0.25, 0.3) is 0 Å². The zero-order valence-corrected chi connectivity index (χ0v) is 9.32. The molecule has 0 aliphatic carbocycles. The average Bonchev–Trinajstić information content (AvgIpc) is 2.23. The Morgan fingerprint density at radius 2 is 1.80 bits per heavy atom. The SMILES string of the molecule is CCCCCC/C(F)=C(\F)C(=O)OCC. The first-order valence-electron chi connectivity index (χ1n) is 5.34. The summed E-state index contributed by atoms with van der Waals surface area (Å²) < 4.78 is 30.3. The third-order valence-electron chi connectivity index (χ3n) is 1.94. The van der Waals surface area contributed by atoms with Crippen molar-refractivity contribution in [3.63, 3.8) is 0 Å². The number of carbonyl (C=O) groups is 1. The molecule has 0 spiro atoms. The molecule has 0 atom stereocenters. The number of ether oxygens (including phenoxy) is 1. The number of allylic oxidation sites excluding steroid dienone is 1. The first-order valence-corrected chi connectivity index (χ1v) is 5.34. The zero-order valence-electron chi connectivity index (χ0n) is 9.32. The van der Waals surface area contributed by atoms with E-state index in [0.29, 0.717) is 6.42 Å². The fraction of sp³-hybridized carbons (Fsp3) is 0.727. The Kier molecular flexibility index (Phi) is 7.86. The summed E-state index contributed by atoms with van der Waals surface area (Å²) >= 11 is 0. The molecule has 0 saturated heterocycles. The first kappa shape index (κ1) is 14.1. The molecule has 88 valence electrons. The highest BCUT2D eigenvalue weighted by molar-refractivity contribution is 5.86. The fourth-order valence-corrected chi connectivity index (χ4v) is 1.12. The first-order chi connectivity index (χ1) is 7.13. The van der Waals surface area contributed by atoms with E-state index in [-0.39, 0.29) is 13.0 Å². The van der Waals surface area contributed by atoms with Crippen molar-refractivity contribution in [1.29, 1.82) is 0 Å². The van der Waals surface area contributed by atoms with Gasteiger partial charge in [0.15, 0.2) is 0 Å². The fourth-order valence-electron chi connectivity index (χ4n) is 1.12. The monoisotopic (exact) mass is 220 g/mol. The van der Waals surface area contributed by atoms with Crippen LogP contribution in [0.2, 0.25) is 0 Å². The van der Waals surface area contributed by atoms with Crippen LogP contribution in [0.3, 0.4) is 0 Å². The van der Waals surface area contributed by atoms with Crippen molar-refractivity contribution < 1.29 is 18.3 Å². The predicted molar refractivity (Wildman–Crippen MR) is 54.6 cm³/mol. The van der Waals surface area contributed by atoms with Crippen molar-refractivity contribution in [3.8, 4) is 0 Å². The van der Waals surface area contributed by atoms with Crippen LogP contribution in [-0.2, 0) is 9.53 Å². The van der Waals surface area contributed by atoms with Gasteiger partial charge in [-0.2, -0.15) is 4.39 Å². The molecule has 0 radical (unpaired) electrons. The van der Waals surface area contributed by atoms with Crippen LogP contribution in [0.4, 0.5) is 8.78 Å². The van der Waals surface area contributed by atoms with E-state index in [1.54, 1.807) is 6.92 Å². The van der Waals surface area contributed by atoms with Crippen molar-refractivity contribution in [2.24, 2.45) is 0 Å². The maximum Gasteiger partial charge on any atom is 0.369 e. The van der Waals surface area contributed by atoms with E-state index in [0.717, 1.165) is 19.3 Å². The molecule has 0 amide bonds. The molecule has 0 aromatic rings. The standard InChI is InChI=1S/C11H18F2O2/c1-3-5-6-7-8-9(12)10(13)11(14)15-4-2/h3-8H2,1-2H3/b10-9+. The van der Waals surface area contributed by atoms with Gasteiger partial charge in [0.05, 0.1) is 6.61 Å². The number of halogens is 2. The smallest absolute Gasteiger partial charge is 0.369 e. The van der Waals surface area contributed by atoms with E-state index in [2.05, 4.69) is 4.74 Å². The summed E-state index contributed by atoms with van der Waals surface area (Å²) in [5.74, 6) is -3.58. The lowest BCUT2D eigenvalue weighted by Crippen LogP contribution is -2.05. The Morgan fingerprint density at radius 3 is 2.33 bits per heavy atom. The van der Waals surface area contributed by atoms with E-state index in [1.807, 2.05) is 6.92 Å². The summed E-state index contributed by atoms with van der Waals surface area (Å²) in [5, 5.41) is 0. The summed E-state index contributed by atoms with van der Waals surface area (Å²) in [4.78, 5) is 10.8. The molecule has 4 heteroatoms. The largest absolute Gasteiger partial charge is 0.461 e. The topological polar surface area (TPSA) is 26.3 Å². The van der Waals surface area contributed by atoms with Crippen LogP contribution in [0.25, 0.3) is 0 Å². The molecule has 0 heterocycles. The van der Waals surface area contributed by atoms with Gasteiger partial charge in [-0.25, -0.2) is 9.18 Å². The molecule has 15 heavy (non-hydrogen) atoms. The second kappa shape index (κ2) is 8.38. The van der Waals surface area contributed by atoms with Crippen LogP contribution in [0.1, 0.15) is 46.0 Å². The Labute approximate surface area is 89.3 Å². The summed E-state index contributed by atoms with van der Waals surface area (Å²) in [6.45, 7) is 3.63. The molecule has 0 fully saturated rings. The van der Waals surface area contributed by atoms with Crippen LogP contribution < -0.4 is 0 Å². The van der Waals surface area contributed by atoms with Gasteiger partial charge in [0.1, 0.15) is 5.83 Å². The van der Waals surface area contributed by atoms with Crippen LogP contribution in [-0.4, -0.2) is 12.6 Å². The van der Waals surface area contributed by atoms with Crippen molar-refractivity contribution in [1.82, 2.24) is 0 Å². The summed E-state index contributed by atoms with van der Waals surface area (Å²) in [6.07, 6.45) is 3.41. The molecule has 0 rings (SSSR count). The minimum Gasteiger partial charge on any atom is -0.461 e. The molecule has 0 N–H and O–H groups in total. The Balaban J connectivity index is 3.97. The third-order valence-corrected chi connectivity index (χ3v) is 1.94. The van der Waals surface area contributed by atoms with Crippen LogP contribution >= 0.6 is 0 Å². The maximum absolute atomic E-state index is 13.0.